The van der Waals surface area contributed by atoms with E-state index in [4.69, 9.17) is 0 Å². The largest absolute Gasteiger partial charge is 0.289 e. The molecule has 24 aromatic carbocycles. The minimum absolute atomic E-state index is 0.0742. The zero-order chi connectivity index (χ0) is 97.7. The van der Waals surface area contributed by atoms with Crippen LogP contribution in [-0.4, -0.2) is 5.78 Å². The van der Waals surface area contributed by atoms with Gasteiger partial charge in [0.15, 0.2) is 5.78 Å². The third-order valence-electron chi connectivity index (χ3n) is 27.7. The smallest absolute Gasteiger partial charge is 0.195 e. The number of carbonyl (C=O) groups excluding carboxylic acids is 1. The molecule has 0 aromatic heterocycles. The monoisotopic (exact) mass is 1850 g/mol. The summed E-state index contributed by atoms with van der Waals surface area (Å²) in [5.74, 6) is 13.6. The topological polar surface area (TPSA) is 17.1 Å². The van der Waals surface area contributed by atoms with Crippen LogP contribution in [0.4, 0.5) is 0 Å². The van der Waals surface area contributed by atoms with Crippen molar-refractivity contribution in [2.45, 2.75) is 0 Å². The summed E-state index contributed by atoms with van der Waals surface area (Å²) in [5, 5.41) is 9.19. The van der Waals surface area contributed by atoms with Gasteiger partial charge in [-0.1, -0.05) is 582 Å². The maximum atomic E-state index is 14.0. The van der Waals surface area contributed by atoms with Crippen LogP contribution in [-0.2, 0) is 4.79 Å². The summed E-state index contributed by atoms with van der Waals surface area (Å²) < 4.78 is 0. The maximum absolute atomic E-state index is 14.0. The van der Waals surface area contributed by atoms with Gasteiger partial charge in [-0.05, 0) is 223 Å². The molecule has 0 N–H and O–H groups in total. The highest BCUT2D eigenvalue weighted by atomic mass is 16.1. The van der Waals surface area contributed by atoms with Crippen molar-refractivity contribution in [2.24, 2.45) is 0 Å². The van der Waals surface area contributed by atoms with Crippen molar-refractivity contribution in [1.29, 1.82) is 0 Å². The third kappa shape index (κ3) is 17.8. The summed E-state index contributed by atoms with van der Waals surface area (Å²) in [6.45, 7) is 0. The normalized spacial score (nSPS) is 11.5. The Kier molecular flexibility index (Phi) is 26.0. The summed E-state index contributed by atoms with van der Waals surface area (Å²) in [6, 6.07) is 208. The molecule has 0 amide bonds. The second kappa shape index (κ2) is 41.9. The van der Waals surface area contributed by atoms with Gasteiger partial charge in [-0.25, -0.2) is 0 Å². The molecule has 0 radical (unpaired) electrons. The van der Waals surface area contributed by atoms with E-state index in [1.54, 1.807) is 0 Å². The first-order valence-electron chi connectivity index (χ1n) is 49.8. The third-order valence-corrected chi connectivity index (χ3v) is 27.7. The summed E-state index contributed by atoms with van der Waals surface area (Å²) in [5.41, 5.74) is 39.6. The predicted octanol–water partition coefficient (Wildman–Crippen LogP) is 37.6. The van der Waals surface area contributed by atoms with Crippen LogP contribution in [0.3, 0.4) is 0 Å². The van der Waals surface area contributed by atoms with E-state index in [-0.39, 0.29) is 5.78 Å². The van der Waals surface area contributed by atoms with E-state index in [1.807, 2.05) is 158 Å². The minimum atomic E-state index is 0.0742. The fraction of sp³-hybridized carbons (Fsp3) is 0. The van der Waals surface area contributed by atoms with E-state index in [9.17, 15) is 4.79 Å². The molecular formula is C145H96O. The Bertz CT molecular complexity index is 8230. The standard InChI is InChI=1S/C86H58.C30H18.C29H20O/c1-11-35-59(36-12-1)73-75(61-39-15-3-16-40-61)79(65-47-23-7-24-48-65)85(80(66-49-25-8-26-50-66)76(73)62-41-17-4-18-42-62)83-69-55-31-33-57-71(69)84(72-58-34-32-56-70(72)83)86-81(67-51-27-9-28-52-67)77(63-43-19-5-20-44-63)74(60-37-13-2-14-38-60)78(64-45-21-6-22-46-64)82(86)68-53-29-10-30-54-68;1-3-11-23(12-4-1)19-21-29-25-15-7-9-17-27(25)30(28-18-10-8-16-26(28)29)22-20-24-13-5-2-6-14-24;30-29-27(23-17-9-3-10-18-23)25(21-13-5-1-6-14-21)26(22-15-7-2-8-16-22)28(29)24-19-11-4-12-20-24/h1-58H;1-18H;1-20H. The van der Waals surface area contributed by atoms with Crippen molar-refractivity contribution in [3.63, 3.8) is 0 Å². The van der Waals surface area contributed by atoms with Gasteiger partial charge in [0, 0.05) is 44.5 Å². The van der Waals surface area contributed by atoms with E-state index in [0.29, 0.717) is 0 Å². The maximum Gasteiger partial charge on any atom is 0.195 e. The summed E-state index contributed by atoms with van der Waals surface area (Å²) >= 11 is 0. The van der Waals surface area contributed by atoms with Gasteiger partial charge in [-0.3, -0.25) is 4.79 Å². The molecular weight excluding hydrogens is 1760 g/mol. The van der Waals surface area contributed by atoms with E-state index in [0.717, 1.165) is 166 Å². The SMILES string of the molecule is C(#Cc1c2ccccc2c(C#Cc2ccccc2)c2ccccc12)c1ccccc1.O=C1C(c2ccccc2)=C(c2ccccc2)C(c2ccccc2)=C1c1ccccc1.c1ccc(-c2c(-c3ccccc3)c(-c3ccccc3)c(-c3c4ccccc4c(-c4c(-c5ccccc5)c(-c5ccccc5)c(-c5ccccc5)c(-c5ccccc5)c4-c4ccccc4)c4ccccc34)c(-c3ccccc3)c2-c2ccccc2)cc1. The number of Topliss-reactive ketones (excluding diaryl/α,β-unsaturated/α-hetero) is 1. The van der Waals surface area contributed by atoms with E-state index in [1.165, 1.54) is 77.9 Å². The van der Waals surface area contributed by atoms with Gasteiger partial charge in [-0.2, -0.15) is 0 Å². The fourth-order valence-corrected chi connectivity index (χ4v) is 21.5. The van der Waals surface area contributed by atoms with Crippen LogP contribution < -0.4 is 0 Å². The van der Waals surface area contributed by atoms with Gasteiger partial charge in [-0.15, -0.1) is 0 Å². The Hall–Kier alpha value is -19.4. The van der Waals surface area contributed by atoms with E-state index >= 15 is 0 Å². The zero-order valence-electron chi connectivity index (χ0n) is 80.3. The lowest BCUT2D eigenvalue weighted by Crippen LogP contribution is -2.04. The zero-order valence-corrected chi connectivity index (χ0v) is 80.3. The van der Waals surface area contributed by atoms with Gasteiger partial charge >= 0.3 is 0 Å². The van der Waals surface area contributed by atoms with Crippen molar-refractivity contribution < 1.29 is 4.79 Å². The molecule has 146 heavy (non-hydrogen) atoms. The molecule has 0 atom stereocenters. The second-order valence-corrected chi connectivity index (χ2v) is 36.4. The molecule has 682 valence electrons. The molecule has 0 bridgehead atoms. The highest BCUT2D eigenvalue weighted by Gasteiger charge is 2.38. The average Bonchev–Trinajstić information content (AvgIpc) is 0.805. The number of ketones is 1. The van der Waals surface area contributed by atoms with Gasteiger partial charge in [0.05, 0.1) is 0 Å². The lowest BCUT2D eigenvalue weighted by molar-refractivity contribution is -0.108. The first kappa shape index (κ1) is 90.4. The molecule has 0 spiro atoms. The number of hydrogen-bond acceptors (Lipinski definition) is 1. The van der Waals surface area contributed by atoms with E-state index in [2.05, 4.69) is 448 Å². The van der Waals surface area contributed by atoms with Gasteiger partial charge in [0.1, 0.15) is 0 Å². The molecule has 1 nitrogen and oxygen atoms in total. The molecule has 1 aliphatic carbocycles. The van der Waals surface area contributed by atoms with Crippen molar-refractivity contribution in [2.75, 3.05) is 0 Å². The Balaban J connectivity index is 0.000000158. The molecule has 1 aliphatic rings. The van der Waals surface area contributed by atoms with Crippen LogP contribution in [0.25, 0.3) is 199 Å². The van der Waals surface area contributed by atoms with Crippen LogP contribution in [0, 0.1) is 23.7 Å². The van der Waals surface area contributed by atoms with Crippen molar-refractivity contribution >= 4 is 71.2 Å². The molecule has 24 aromatic rings. The highest BCUT2D eigenvalue weighted by molar-refractivity contribution is 6.59. The van der Waals surface area contributed by atoms with Crippen molar-refractivity contribution in [1.82, 2.24) is 0 Å². The van der Waals surface area contributed by atoms with Gasteiger partial charge in [0.25, 0.3) is 0 Å². The Morgan fingerprint density at radius 2 is 0.233 bits per heavy atom. The van der Waals surface area contributed by atoms with E-state index < -0.39 is 0 Å². The Morgan fingerprint density at radius 3 is 0.404 bits per heavy atom. The summed E-state index contributed by atoms with van der Waals surface area (Å²) in [6.07, 6.45) is 0. The Labute approximate surface area is 853 Å². The van der Waals surface area contributed by atoms with Gasteiger partial charge < -0.3 is 0 Å². The quantitative estimate of drug-likeness (QED) is 0.0696. The minimum Gasteiger partial charge on any atom is -0.289 e. The first-order valence-corrected chi connectivity index (χ1v) is 49.8. The predicted molar refractivity (Wildman–Crippen MR) is 617 cm³/mol. The first-order chi connectivity index (χ1) is 72.5. The second-order valence-electron chi connectivity index (χ2n) is 36.4. The summed E-state index contributed by atoms with van der Waals surface area (Å²) in [7, 11) is 0. The highest BCUT2D eigenvalue weighted by Crippen LogP contribution is 2.63. The number of fused-ring (bicyclic) bond motifs is 4. The van der Waals surface area contributed by atoms with Crippen LogP contribution in [0.15, 0.2) is 582 Å². The molecule has 0 fully saturated rings. The molecule has 1 heteroatoms. The molecule has 0 saturated heterocycles. The number of benzene rings is 24. The molecule has 0 unspecified atom stereocenters. The number of rotatable bonds is 16. The van der Waals surface area contributed by atoms with Crippen LogP contribution in [0.2, 0.25) is 0 Å². The number of hydrogen-bond donors (Lipinski definition) is 0. The van der Waals surface area contributed by atoms with Gasteiger partial charge in [0.2, 0.25) is 0 Å². The molecule has 25 rings (SSSR count). The lowest BCUT2D eigenvalue weighted by Gasteiger charge is -2.31. The number of carbonyl (C=O) groups is 1. The number of allylic oxidation sites excluding steroid dienone is 4. The lowest BCUT2D eigenvalue weighted by atomic mass is 9.71. The summed E-state index contributed by atoms with van der Waals surface area (Å²) in [4.78, 5) is 14.0. The molecule has 0 heterocycles. The molecule has 0 aliphatic heterocycles. The Morgan fingerprint density at radius 1 is 0.103 bits per heavy atom. The average molecular weight is 1850 g/mol. The van der Waals surface area contributed by atoms with Crippen molar-refractivity contribution in [3.05, 3.63) is 627 Å². The van der Waals surface area contributed by atoms with Crippen molar-refractivity contribution in [3.8, 4) is 157 Å². The molecule has 0 saturated carbocycles. The van der Waals surface area contributed by atoms with Crippen LogP contribution in [0.1, 0.15) is 44.5 Å². The van der Waals surface area contributed by atoms with Crippen LogP contribution in [0.5, 0.6) is 0 Å². The van der Waals surface area contributed by atoms with Crippen LogP contribution >= 0.6 is 0 Å². The fourth-order valence-electron chi connectivity index (χ4n) is 21.5.